The molecule has 0 atom stereocenters. The SMILES string of the molecule is CCOC(=O)c1ccc(C)c(NC(=O)CN(c2ccc([N+](=O)[O-])cc2)S(=O)(=O)c2ccccc2)c1. The first-order valence-corrected chi connectivity index (χ1v) is 12.0. The predicted molar refractivity (Wildman–Crippen MR) is 130 cm³/mol. The van der Waals surface area contributed by atoms with Crippen molar-refractivity contribution in [2.24, 2.45) is 0 Å². The number of nitrogens with zero attached hydrogens (tertiary/aromatic N) is 2. The van der Waals surface area contributed by atoms with Crippen LogP contribution in [-0.4, -0.2) is 38.4 Å². The van der Waals surface area contributed by atoms with E-state index in [9.17, 15) is 28.1 Å². The number of non-ortho nitro benzene ring substituents is 1. The van der Waals surface area contributed by atoms with Gasteiger partial charge in [-0.25, -0.2) is 13.2 Å². The van der Waals surface area contributed by atoms with E-state index < -0.39 is 33.4 Å². The zero-order valence-electron chi connectivity index (χ0n) is 19.0. The standard InChI is InChI=1S/C24H23N3O7S/c1-3-34-24(29)18-10-9-17(2)22(15-18)25-23(28)16-26(19-11-13-20(14-12-19)27(30)31)35(32,33)21-7-5-4-6-8-21/h4-15H,3,16H2,1-2H3,(H,25,28). The van der Waals surface area contributed by atoms with Crippen LogP contribution in [0.1, 0.15) is 22.8 Å². The molecule has 0 saturated heterocycles. The van der Waals surface area contributed by atoms with Crippen molar-refractivity contribution in [2.45, 2.75) is 18.7 Å². The zero-order chi connectivity index (χ0) is 25.6. The molecule has 0 heterocycles. The maximum Gasteiger partial charge on any atom is 0.338 e. The molecule has 0 unspecified atom stereocenters. The van der Waals surface area contributed by atoms with Gasteiger partial charge in [-0.15, -0.1) is 0 Å². The minimum Gasteiger partial charge on any atom is -0.462 e. The van der Waals surface area contributed by atoms with E-state index in [1.165, 1.54) is 30.3 Å². The van der Waals surface area contributed by atoms with E-state index in [1.54, 1.807) is 44.2 Å². The molecule has 10 nitrogen and oxygen atoms in total. The fourth-order valence-corrected chi connectivity index (χ4v) is 4.64. The van der Waals surface area contributed by atoms with E-state index in [-0.39, 0.29) is 28.4 Å². The van der Waals surface area contributed by atoms with Crippen molar-refractivity contribution in [1.82, 2.24) is 0 Å². The molecule has 1 amide bonds. The van der Waals surface area contributed by atoms with Crippen molar-refractivity contribution in [3.8, 4) is 0 Å². The number of carbonyl (C=O) groups is 2. The molecule has 182 valence electrons. The summed E-state index contributed by atoms with van der Waals surface area (Å²) in [6.07, 6.45) is 0. The van der Waals surface area contributed by atoms with Crippen LogP contribution >= 0.6 is 0 Å². The third-order valence-electron chi connectivity index (χ3n) is 4.99. The lowest BCUT2D eigenvalue weighted by Crippen LogP contribution is -2.38. The van der Waals surface area contributed by atoms with Gasteiger partial charge in [-0.1, -0.05) is 24.3 Å². The van der Waals surface area contributed by atoms with Crippen LogP contribution in [0, 0.1) is 17.0 Å². The number of aryl methyl sites for hydroxylation is 1. The smallest absolute Gasteiger partial charge is 0.338 e. The van der Waals surface area contributed by atoms with E-state index in [2.05, 4.69) is 5.32 Å². The second-order valence-corrected chi connectivity index (χ2v) is 9.26. The Morgan fingerprint density at radius 1 is 1.03 bits per heavy atom. The monoisotopic (exact) mass is 497 g/mol. The number of benzene rings is 3. The molecule has 35 heavy (non-hydrogen) atoms. The average Bonchev–Trinajstić information content (AvgIpc) is 2.84. The Morgan fingerprint density at radius 2 is 1.69 bits per heavy atom. The molecule has 1 N–H and O–H groups in total. The summed E-state index contributed by atoms with van der Waals surface area (Å²) < 4.78 is 32.6. The van der Waals surface area contributed by atoms with Crippen LogP contribution in [0.25, 0.3) is 0 Å². The molecule has 3 rings (SSSR count). The fraction of sp³-hybridized carbons (Fsp3) is 0.167. The van der Waals surface area contributed by atoms with Crippen LogP contribution in [-0.2, 0) is 19.6 Å². The highest BCUT2D eigenvalue weighted by molar-refractivity contribution is 7.92. The number of hydrogen-bond donors (Lipinski definition) is 1. The summed E-state index contributed by atoms with van der Waals surface area (Å²) >= 11 is 0. The number of esters is 1. The Hall–Kier alpha value is -4.25. The summed E-state index contributed by atoms with van der Waals surface area (Å²) in [5, 5.41) is 13.6. The van der Waals surface area contributed by atoms with Gasteiger partial charge in [0.05, 0.1) is 27.7 Å². The van der Waals surface area contributed by atoms with E-state index in [4.69, 9.17) is 4.74 Å². The number of nitrogens with one attached hydrogen (secondary N) is 1. The number of nitro benzene ring substituents is 1. The van der Waals surface area contributed by atoms with Crippen molar-refractivity contribution in [1.29, 1.82) is 0 Å². The Kier molecular flexibility index (Phi) is 7.82. The number of nitro groups is 1. The molecule has 0 spiro atoms. The topological polar surface area (TPSA) is 136 Å². The van der Waals surface area contributed by atoms with Crippen molar-refractivity contribution in [3.63, 3.8) is 0 Å². The Morgan fingerprint density at radius 3 is 2.29 bits per heavy atom. The van der Waals surface area contributed by atoms with Gasteiger partial charge < -0.3 is 10.1 Å². The normalized spacial score (nSPS) is 10.9. The molecular weight excluding hydrogens is 474 g/mol. The highest BCUT2D eigenvalue weighted by Crippen LogP contribution is 2.26. The first-order chi connectivity index (χ1) is 16.6. The lowest BCUT2D eigenvalue weighted by atomic mass is 10.1. The van der Waals surface area contributed by atoms with Gasteiger partial charge in [-0.3, -0.25) is 19.2 Å². The van der Waals surface area contributed by atoms with Crippen LogP contribution in [0.4, 0.5) is 17.1 Å². The lowest BCUT2D eigenvalue weighted by molar-refractivity contribution is -0.384. The minimum absolute atomic E-state index is 0.0494. The summed E-state index contributed by atoms with van der Waals surface area (Å²) in [4.78, 5) is 35.4. The molecular formula is C24H23N3O7S. The Balaban J connectivity index is 1.93. The van der Waals surface area contributed by atoms with Gasteiger partial charge in [0.2, 0.25) is 5.91 Å². The van der Waals surface area contributed by atoms with Crippen LogP contribution in [0.2, 0.25) is 0 Å². The second kappa shape index (κ2) is 10.8. The first-order valence-electron chi connectivity index (χ1n) is 10.5. The number of carbonyl (C=O) groups excluding carboxylic acids is 2. The number of amides is 1. The quantitative estimate of drug-likeness (QED) is 0.269. The number of ether oxygens (including phenoxy) is 1. The largest absolute Gasteiger partial charge is 0.462 e. The van der Waals surface area contributed by atoms with Crippen molar-refractivity contribution in [3.05, 3.63) is 94.0 Å². The highest BCUT2D eigenvalue weighted by atomic mass is 32.2. The summed E-state index contributed by atoms with van der Waals surface area (Å²) in [5.41, 5.74) is 1.06. The Labute approximate surface area is 202 Å². The van der Waals surface area contributed by atoms with Gasteiger partial charge in [0.15, 0.2) is 0 Å². The molecule has 0 fully saturated rings. The third kappa shape index (κ3) is 6.01. The molecule has 11 heteroatoms. The number of sulfonamides is 1. The maximum absolute atomic E-state index is 13.4. The van der Waals surface area contributed by atoms with Crippen LogP contribution in [0.3, 0.4) is 0 Å². The Bertz CT molecular complexity index is 1340. The highest BCUT2D eigenvalue weighted by Gasteiger charge is 2.28. The molecule has 3 aromatic rings. The molecule has 0 bridgehead atoms. The van der Waals surface area contributed by atoms with Gasteiger partial charge in [0.1, 0.15) is 6.54 Å². The molecule has 0 aliphatic rings. The second-order valence-electron chi connectivity index (χ2n) is 7.40. The lowest BCUT2D eigenvalue weighted by Gasteiger charge is -2.24. The summed E-state index contributed by atoms with van der Waals surface area (Å²) in [7, 11) is -4.19. The minimum atomic E-state index is -4.19. The van der Waals surface area contributed by atoms with Crippen LogP contribution < -0.4 is 9.62 Å². The third-order valence-corrected chi connectivity index (χ3v) is 6.78. The van der Waals surface area contributed by atoms with Gasteiger partial charge in [-0.2, -0.15) is 0 Å². The number of rotatable bonds is 9. The molecule has 3 aromatic carbocycles. The van der Waals surface area contributed by atoms with E-state index in [1.807, 2.05) is 0 Å². The van der Waals surface area contributed by atoms with Crippen molar-refractivity contribution >= 4 is 39.0 Å². The molecule has 0 aliphatic heterocycles. The summed E-state index contributed by atoms with van der Waals surface area (Å²) in [6, 6.07) is 17.0. The van der Waals surface area contributed by atoms with Gasteiger partial charge >= 0.3 is 5.97 Å². The molecule has 0 aliphatic carbocycles. The van der Waals surface area contributed by atoms with E-state index >= 15 is 0 Å². The van der Waals surface area contributed by atoms with Gasteiger partial charge in [0, 0.05) is 17.8 Å². The fourth-order valence-electron chi connectivity index (χ4n) is 3.19. The predicted octanol–water partition coefficient (Wildman–Crippen LogP) is 3.91. The van der Waals surface area contributed by atoms with Gasteiger partial charge in [0.25, 0.3) is 15.7 Å². The van der Waals surface area contributed by atoms with E-state index in [0.29, 0.717) is 11.3 Å². The van der Waals surface area contributed by atoms with E-state index in [0.717, 1.165) is 16.4 Å². The molecule has 0 saturated carbocycles. The summed E-state index contributed by atoms with van der Waals surface area (Å²) in [6.45, 7) is 2.97. The average molecular weight is 498 g/mol. The van der Waals surface area contributed by atoms with Crippen molar-refractivity contribution in [2.75, 3.05) is 22.8 Å². The maximum atomic E-state index is 13.4. The zero-order valence-corrected chi connectivity index (χ0v) is 19.8. The molecule has 0 radical (unpaired) electrons. The van der Waals surface area contributed by atoms with Crippen molar-refractivity contribution < 1.29 is 27.7 Å². The number of anilines is 2. The number of hydrogen-bond acceptors (Lipinski definition) is 7. The van der Waals surface area contributed by atoms with Crippen LogP contribution in [0.15, 0.2) is 77.7 Å². The summed E-state index contributed by atoms with van der Waals surface area (Å²) in [5.74, 6) is -1.23. The van der Waals surface area contributed by atoms with Gasteiger partial charge in [-0.05, 0) is 55.8 Å². The molecule has 0 aromatic heterocycles. The first kappa shape index (κ1) is 25.4. The van der Waals surface area contributed by atoms with Crippen LogP contribution in [0.5, 0.6) is 0 Å².